The fraction of sp³-hybridized carbons (Fsp3) is 0.750. The van der Waals surface area contributed by atoms with Gasteiger partial charge in [-0.05, 0) is 55.9 Å². The lowest BCUT2D eigenvalue weighted by atomic mass is 9.72. The van der Waals surface area contributed by atoms with Crippen LogP contribution in [-0.4, -0.2) is 29.5 Å². The van der Waals surface area contributed by atoms with Crippen LogP contribution in [-0.2, 0) is 22.4 Å². The zero-order valence-corrected chi connectivity index (χ0v) is 20.6. The van der Waals surface area contributed by atoms with E-state index < -0.39 is 0 Å². The number of fused-ring (bicyclic) bond motifs is 1. The first-order chi connectivity index (χ1) is 14.3. The van der Waals surface area contributed by atoms with E-state index in [2.05, 4.69) is 26.1 Å². The molecule has 1 aromatic rings. The lowest BCUT2D eigenvalue weighted by molar-refractivity contribution is -0.115. The number of carbonyl (C=O) groups is 2. The summed E-state index contributed by atoms with van der Waals surface area (Å²) < 4.78 is 5.34. The number of thioether (sulfide) groups is 1. The van der Waals surface area contributed by atoms with Gasteiger partial charge in [0.2, 0.25) is 5.91 Å². The Balaban J connectivity index is 1.67. The summed E-state index contributed by atoms with van der Waals surface area (Å²) in [7, 11) is 0. The molecule has 168 valence electrons. The van der Waals surface area contributed by atoms with Gasteiger partial charge in [0.1, 0.15) is 5.00 Å². The Bertz CT molecular complexity index is 744. The Morgan fingerprint density at radius 2 is 1.90 bits per heavy atom. The average molecular weight is 452 g/mol. The molecule has 6 heteroatoms. The summed E-state index contributed by atoms with van der Waals surface area (Å²) in [5.74, 6) is 1.16. The van der Waals surface area contributed by atoms with Crippen LogP contribution in [0.5, 0.6) is 0 Å². The van der Waals surface area contributed by atoms with E-state index in [9.17, 15) is 9.59 Å². The summed E-state index contributed by atoms with van der Waals surface area (Å²) in [6, 6.07) is 0. The highest BCUT2D eigenvalue weighted by Gasteiger charge is 2.34. The monoisotopic (exact) mass is 451 g/mol. The maximum Gasteiger partial charge on any atom is 0.341 e. The van der Waals surface area contributed by atoms with E-state index in [-0.39, 0.29) is 17.3 Å². The highest BCUT2D eigenvalue weighted by atomic mass is 32.2. The first-order valence-corrected chi connectivity index (χ1v) is 13.4. The van der Waals surface area contributed by atoms with Gasteiger partial charge in [0, 0.05) is 22.3 Å². The van der Waals surface area contributed by atoms with Gasteiger partial charge in [-0.3, -0.25) is 4.79 Å². The predicted octanol–water partition coefficient (Wildman–Crippen LogP) is 6.47. The van der Waals surface area contributed by atoms with Crippen LogP contribution in [0.4, 0.5) is 5.00 Å². The second-order valence-electron chi connectivity index (χ2n) is 9.66. The van der Waals surface area contributed by atoms with Crippen LogP contribution >= 0.6 is 23.1 Å². The van der Waals surface area contributed by atoms with E-state index >= 15 is 0 Å². The second-order valence-corrected chi connectivity index (χ2v) is 12.2. The number of hydrogen-bond acceptors (Lipinski definition) is 5. The van der Waals surface area contributed by atoms with Crippen molar-refractivity contribution in [1.29, 1.82) is 0 Å². The Labute approximate surface area is 189 Å². The Hall–Kier alpha value is -1.01. The number of thiophene rings is 1. The van der Waals surface area contributed by atoms with Crippen molar-refractivity contribution in [1.82, 2.24) is 0 Å². The van der Waals surface area contributed by atoms with Gasteiger partial charge < -0.3 is 10.1 Å². The molecule has 2 aliphatic carbocycles. The molecule has 1 N–H and O–H groups in total. The van der Waals surface area contributed by atoms with Gasteiger partial charge in [0.15, 0.2) is 0 Å². The minimum atomic E-state index is -0.295. The largest absolute Gasteiger partial charge is 0.462 e. The number of rotatable bonds is 7. The number of esters is 1. The molecule has 1 unspecified atom stereocenters. The number of amides is 1. The summed E-state index contributed by atoms with van der Waals surface area (Å²) >= 11 is 3.52. The van der Waals surface area contributed by atoms with Crippen molar-refractivity contribution in [3.63, 3.8) is 0 Å². The molecule has 1 heterocycles. The standard InChI is InChI=1S/C24H37NO3S2/c1-5-28-23(27)21-18-12-11-16(24(2,3)4)15-19(18)30-22(21)25-20(26)13-14-29-17-9-7-6-8-10-17/h16-17H,5-15H2,1-4H3,(H,25,26). The Kier molecular flexibility index (Phi) is 8.31. The fourth-order valence-corrected chi connectivity index (χ4v) is 7.21. The molecule has 4 nitrogen and oxygen atoms in total. The van der Waals surface area contributed by atoms with Crippen molar-refractivity contribution >= 4 is 40.0 Å². The van der Waals surface area contributed by atoms with Crippen LogP contribution in [0.3, 0.4) is 0 Å². The number of ether oxygens (including phenoxy) is 1. The summed E-state index contributed by atoms with van der Waals surface area (Å²) in [4.78, 5) is 26.6. The lowest BCUT2D eigenvalue weighted by Gasteiger charge is -2.33. The molecule has 1 aromatic heterocycles. The molecule has 0 bridgehead atoms. The van der Waals surface area contributed by atoms with Gasteiger partial charge >= 0.3 is 5.97 Å². The van der Waals surface area contributed by atoms with Gasteiger partial charge in [-0.25, -0.2) is 4.79 Å². The summed E-state index contributed by atoms with van der Waals surface area (Å²) in [5, 5.41) is 4.47. The van der Waals surface area contributed by atoms with Crippen molar-refractivity contribution in [3.05, 3.63) is 16.0 Å². The van der Waals surface area contributed by atoms with E-state index in [1.165, 1.54) is 37.0 Å². The van der Waals surface area contributed by atoms with Crippen molar-refractivity contribution < 1.29 is 14.3 Å². The molecule has 0 radical (unpaired) electrons. The van der Waals surface area contributed by atoms with Gasteiger partial charge in [-0.15, -0.1) is 11.3 Å². The molecule has 30 heavy (non-hydrogen) atoms. The highest BCUT2D eigenvalue weighted by molar-refractivity contribution is 7.99. The van der Waals surface area contributed by atoms with Crippen LogP contribution in [0.2, 0.25) is 0 Å². The van der Waals surface area contributed by atoms with E-state index in [0.29, 0.717) is 34.8 Å². The number of hydrogen-bond donors (Lipinski definition) is 1. The SMILES string of the molecule is CCOC(=O)c1c(NC(=O)CCSC2CCCCC2)sc2c1CCC(C(C)(C)C)C2. The van der Waals surface area contributed by atoms with Crippen LogP contribution in [0.1, 0.15) is 93.4 Å². The van der Waals surface area contributed by atoms with Crippen LogP contribution in [0.15, 0.2) is 0 Å². The van der Waals surface area contributed by atoms with Gasteiger partial charge in [-0.1, -0.05) is 40.0 Å². The maximum absolute atomic E-state index is 12.7. The summed E-state index contributed by atoms with van der Waals surface area (Å²) in [5.41, 5.74) is 1.95. The number of anilines is 1. The van der Waals surface area contributed by atoms with E-state index in [1.54, 1.807) is 11.3 Å². The molecule has 1 fully saturated rings. The van der Waals surface area contributed by atoms with Crippen LogP contribution in [0, 0.1) is 11.3 Å². The Morgan fingerprint density at radius 3 is 2.57 bits per heavy atom. The van der Waals surface area contributed by atoms with Crippen molar-refractivity contribution in [2.24, 2.45) is 11.3 Å². The summed E-state index contributed by atoms with van der Waals surface area (Å²) in [6.07, 6.45) is 10.00. The van der Waals surface area contributed by atoms with E-state index in [4.69, 9.17) is 4.74 Å². The lowest BCUT2D eigenvalue weighted by Crippen LogP contribution is -2.26. The summed E-state index contributed by atoms with van der Waals surface area (Å²) in [6.45, 7) is 9.03. The zero-order chi connectivity index (χ0) is 21.7. The molecule has 0 saturated heterocycles. The average Bonchev–Trinajstić information content (AvgIpc) is 3.05. The van der Waals surface area contributed by atoms with Crippen LogP contribution < -0.4 is 5.32 Å². The molecule has 3 rings (SSSR count). The quantitative estimate of drug-likeness (QED) is 0.483. The molecule has 1 atom stereocenters. The van der Waals surface area contributed by atoms with Crippen molar-refractivity contribution in [2.75, 3.05) is 17.7 Å². The van der Waals surface area contributed by atoms with Crippen LogP contribution in [0.25, 0.3) is 0 Å². The first-order valence-electron chi connectivity index (χ1n) is 11.5. The molecular weight excluding hydrogens is 414 g/mol. The van der Waals surface area contributed by atoms with E-state index in [0.717, 1.165) is 30.6 Å². The van der Waals surface area contributed by atoms with E-state index in [1.807, 2.05) is 18.7 Å². The topological polar surface area (TPSA) is 55.4 Å². The molecule has 0 aliphatic heterocycles. The second kappa shape index (κ2) is 10.5. The predicted molar refractivity (Wildman–Crippen MR) is 128 cm³/mol. The third-order valence-electron chi connectivity index (χ3n) is 6.46. The number of carbonyl (C=O) groups excluding carboxylic acids is 2. The zero-order valence-electron chi connectivity index (χ0n) is 19.0. The van der Waals surface area contributed by atoms with Gasteiger partial charge in [0.25, 0.3) is 0 Å². The molecule has 1 amide bonds. The molecule has 0 spiro atoms. The minimum Gasteiger partial charge on any atom is -0.462 e. The molecule has 1 saturated carbocycles. The normalized spacial score (nSPS) is 19.9. The fourth-order valence-electron chi connectivity index (χ4n) is 4.57. The van der Waals surface area contributed by atoms with Crippen molar-refractivity contribution in [3.8, 4) is 0 Å². The molecular formula is C24H37NO3S2. The van der Waals surface area contributed by atoms with Crippen molar-refractivity contribution in [2.45, 2.75) is 90.7 Å². The third-order valence-corrected chi connectivity index (χ3v) is 9.01. The minimum absolute atomic E-state index is 0.00910. The first kappa shape index (κ1) is 23.6. The van der Waals surface area contributed by atoms with Gasteiger partial charge in [0.05, 0.1) is 12.2 Å². The number of nitrogens with one attached hydrogen (secondary N) is 1. The Morgan fingerprint density at radius 1 is 1.17 bits per heavy atom. The highest BCUT2D eigenvalue weighted by Crippen LogP contribution is 2.44. The third kappa shape index (κ3) is 6.03. The molecule has 0 aromatic carbocycles. The van der Waals surface area contributed by atoms with Gasteiger partial charge in [-0.2, -0.15) is 11.8 Å². The molecule has 2 aliphatic rings. The smallest absolute Gasteiger partial charge is 0.341 e. The maximum atomic E-state index is 12.7.